The van der Waals surface area contributed by atoms with E-state index < -0.39 is 11.5 Å². The number of ether oxygens (including phenoxy) is 1. The van der Waals surface area contributed by atoms with Crippen LogP contribution in [0.4, 0.5) is 0 Å². The molecule has 0 saturated carbocycles. The maximum atomic E-state index is 10.8. The Hall–Kier alpha value is -1.55. The topological polar surface area (TPSA) is 72.5 Å². The van der Waals surface area contributed by atoms with Gasteiger partial charge in [-0.25, -0.2) is 0 Å². The number of nitrogens with two attached hydrogens (primary N) is 1. The largest absolute Gasteiger partial charge is 0.494 e. The van der Waals surface area contributed by atoms with Gasteiger partial charge < -0.3 is 15.6 Å². The standard InChI is InChI=1S/C15H23NO3/c1-11-6-7-13(10-12(11)2)19-9-5-4-8-15(3,16)14(17)18/h6-7,10H,4-5,8-9,16H2,1-3H3,(H,17,18). The molecule has 0 heterocycles. The van der Waals surface area contributed by atoms with Gasteiger partial charge in [-0.05, 0) is 63.3 Å². The van der Waals surface area contributed by atoms with Gasteiger partial charge in [0.2, 0.25) is 0 Å². The molecule has 0 amide bonds. The number of benzene rings is 1. The molecule has 4 nitrogen and oxygen atoms in total. The first-order valence-corrected chi connectivity index (χ1v) is 6.55. The highest BCUT2D eigenvalue weighted by molar-refractivity contribution is 5.77. The van der Waals surface area contributed by atoms with Gasteiger partial charge in [0.05, 0.1) is 6.61 Å². The van der Waals surface area contributed by atoms with E-state index in [1.54, 1.807) is 6.92 Å². The van der Waals surface area contributed by atoms with Crippen molar-refractivity contribution in [2.24, 2.45) is 5.73 Å². The van der Waals surface area contributed by atoms with Crippen LogP contribution in [0, 0.1) is 13.8 Å². The van der Waals surface area contributed by atoms with E-state index in [9.17, 15) is 4.79 Å². The van der Waals surface area contributed by atoms with Crippen LogP contribution < -0.4 is 10.5 Å². The Morgan fingerprint density at radius 3 is 2.58 bits per heavy atom. The second-order valence-corrected chi connectivity index (χ2v) is 5.27. The van der Waals surface area contributed by atoms with E-state index in [-0.39, 0.29) is 0 Å². The van der Waals surface area contributed by atoms with Gasteiger partial charge in [0.25, 0.3) is 0 Å². The summed E-state index contributed by atoms with van der Waals surface area (Å²) in [6.45, 7) is 6.24. The van der Waals surface area contributed by atoms with Crippen LogP contribution in [0.3, 0.4) is 0 Å². The first-order valence-electron chi connectivity index (χ1n) is 6.55. The monoisotopic (exact) mass is 265 g/mol. The Kier molecular flexibility index (Phi) is 5.36. The molecule has 3 N–H and O–H groups in total. The molecule has 106 valence electrons. The number of unbranched alkanes of at least 4 members (excludes halogenated alkanes) is 1. The molecule has 1 aromatic rings. The highest BCUT2D eigenvalue weighted by atomic mass is 16.5. The van der Waals surface area contributed by atoms with Gasteiger partial charge >= 0.3 is 5.97 Å². The lowest BCUT2D eigenvalue weighted by atomic mass is 9.97. The summed E-state index contributed by atoms with van der Waals surface area (Å²) in [6, 6.07) is 6.00. The number of rotatable bonds is 7. The van der Waals surface area contributed by atoms with E-state index in [1.165, 1.54) is 11.1 Å². The number of carboxylic acids is 1. The third-order valence-electron chi connectivity index (χ3n) is 3.33. The number of carboxylic acid groups (broad SMARTS) is 1. The van der Waals surface area contributed by atoms with Crippen molar-refractivity contribution >= 4 is 5.97 Å². The number of carbonyl (C=O) groups is 1. The number of aliphatic carboxylic acids is 1. The van der Waals surface area contributed by atoms with Gasteiger partial charge in [-0.15, -0.1) is 0 Å². The van der Waals surface area contributed by atoms with Crippen LogP contribution in [0.5, 0.6) is 5.75 Å². The Morgan fingerprint density at radius 2 is 2.00 bits per heavy atom. The molecule has 0 fully saturated rings. The molecule has 0 aliphatic carbocycles. The van der Waals surface area contributed by atoms with E-state index in [4.69, 9.17) is 15.6 Å². The molecule has 0 spiro atoms. The highest BCUT2D eigenvalue weighted by Gasteiger charge is 2.26. The molecular formula is C15H23NO3. The van der Waals surface area contributed by atoms with Crippen LogP contribution in [0.1, 0.15) is 37.3 Å². The lowest BCUT2D eigenvalue weighted by molar-refractivity contribution is -0.142. The van der Waals surface area contributed by atoms with Crippen molar-refractivity contribution in [1.82, 2.24) is 0 Å². The van der Waals surface area contributed by atoms with Crippen LogP contribution in [-0.2, 0) is 4.79 Å². The number of aryl methyl sites for hydroxylation is 2. The zero-order valence-electron chi connectivity index (χ0n) is 11.9. The van der Waals surface area contributed by atoms with E-state index in [2.05, 4.69) is 13.8 Å². The van der Waals surface area contributed by atoms with Crippen molar-refractivity contribution in [3.05, 3.63) is 29.3 Å². The first-order chi connectivity index (χ1) is 8.83. The molecule has 1 atom stereocenters. The summed E-state index contributed by atoms with van der Waals surface area (Å²) < 4.78 is 5.63. The molecule has 0 bridgehead atoms. The molecule has 19 heavy (non-hydrogen) atoms. The Morgan fingerprint density at radius 1 is 1.32 bits per heavy atom. The van der Waals surface area contributed by atoms with Crippen LogP contribution >= 0.6 is 0 Å². The second kappa shape index (κ2) is 6.57. The van der Waals surface area contributed by atoms with Gasteiger partial charge in [0.1, 0.15) is 11.3 Å². The molecule has 0 aliphatic heterocycles. The lowest BCUT2D eigenvalue weighted by Crippen LogP contribution is -2.44. The molecule has 0 aromatic heterocycles. The van der Waals surface area contributed by atoms with Crippen LogP contribution in [0.25, 0.3) is 0 Å². The smallest absolute Gasteiger partial charge is 0.323 e. The average Bonchev–Trinajstić information content (AvgIpc) is 2.33. The van der Waals surface area contributed by atoms with Crippen LogP contribution in [-0.4, -0.2) is 23.2 Å². The zero-order chi connectivity index (χ0) is 14.5. The van der Waals surface area contributed by atoms with Gasteiger partial charge in [-0.1, -0.05) is 6.07 Å². The minimum Gasteiger partial charge on any atom is -0.494 e. The summed E-state index contributed by atoms with van der Waals surface area (Å²) >= 11 is 0. The Bertz CT molecular complexity index is 441. The number of hydrogen-bond donors (Lipinski definition) is 2. The van der Waals surface area contributed by atoms with Crippen molar-refractivity contribution in [2.75, 3.05) is 6.61 Å². The lowest BCUT2D eigenvalue weighted by Gasteiger charge is -2.18. The molecule has 1 unspecified atom stereocenters. The zero-order valence-corrected chi connectivity index (χ0v) is 11.9. The molecule has 0 aliphatic rings. The summed E-state index contributed by atoms with van der Waals surface area (Å²) in [6.07, 6.45) is 2.00. The van der Waals surface area contributed by atoms with Crippen molar-refractivity contribution in [1.29, 1.82) is 0 Å². The third-order valence-corrected chi connectivity index (χ3v) is 3.33. The molecule has 0 saturated heterocycles. The third kappa shape index (κ3) is 4.91. The van der Waals surface area contributed by atoms with Gasteiger partial charge in [0, 0.05) is 0 Å². The van der Waals surface area contributed by atoms with E-state index >= 15 is 0 Å². The fourth-order valence-corrected chi connectivity index (χ4v) is 1.69. The summed E-state index contributed by atoms with van der Waals surface area (Å²) in [5, 5.41) is 8.88. The fourth-order valence-electron chi connectivity index (χ4n) is 1.69. The maximum absolute atomic E-state index is 10.8. The van der Waals surface area contributed by atoms with Crippen molar-refractivity contribution < 1.29 is 14.6 Å². The predicted molar refractivity (Wildman–Crippen MR) is 75.5 cm³/mol. The van der Waals surface area contributed by atoms with Crippen LogP contribution in [0.15, 0.2) is 18.2 Å². The molecular weight excluding hydrogens is 242 g/mol. The van der Waals surface area contributed by atoms with Crippen molar-refractivity contribution in [3.63, 3.8) is 0 Å². The summed E-state index contributed by atoms with van der Waals surface area (Å²) in [4.78, 5) is 10.8. The molecule has 1 rings (SSSR count). The van der Waals surface area contributed by atoms with E-state index in [0.717, 1.165) is 18.6 Å². The molecule has 0 radical (unpaired) electrons. The van der Waals surface area contributed by atoms with Crippen molar-refractivity contribution in [2.45, 2.75) is 45.6 Å². The normalized spacial score (nSPS) is 13.9. The average molecular weight is 265 g/mol. The SMILES string of the molecule is Cc1ccc(OCCCCC(C)(N)C(=O)O)cc1C. The van der Waals surface area contributed by atoms with E-state index in [0.29, 0.717) is 13.0 Å². The molecule has 1 aromatic carbocycles. The number of hydrogen-bond acceptors (Lipinski definition) is 3. The van der Waals surface area contributed by atoms with Gasteiger partial charge in [0.15, 0.2) is 0 Å². The Labute approximate surface area is 114 Å². The predicted octanol–water partition coefficient (Wildman–Crippen LogP) is 2.65. The maximum Gasteiger partial charge on any atom is 0.323 e. The summed E-state index contributed by atoms with van der Waals surface area (Å²) in [7, 11) is 0. The summed E-state index contributed by atoms with van der Waals surface area (Å²) in [5.41, 5.74) is 6.96. The minimum atomic E-state index is -1.14. The Balaban J connectivity index is 2.28. The van der Waals surface area contributed by atoms with Crippen LogP contribution in [0.2, 0.25) is 0 Å². The summed E-state index contributed by atoms with van der Waals surface area (Å²) in [5.74, 6) is -0.0978. The quantitative estimate of drug-likeness (QED) is 0.743. The fraction of sp³-hybridized carbons (Fsp3) is 0.533. The van der Waals surface area contributed by atoms with Crippen molar-refractivity contribution in [3.8, 4) is 5.75 Å². The molecule has 4 heteroatoms. The second-order valence-electron chi connectivity index (χ2n) is 5.27. The highest BCUT2D eigenvalue weighted by Crippen LogP contribution is 2.17. The first kappa shape index (κ1) is 15.5. The van der Waals surface area contributed by atoms with Gasteiger partial charge in [-0.3, -0.25) is 4.79 Å². The van der Waals surface area contributed by atoms with E-state index in [1.807, 2.05) is 18.2 Å². The minimum absolute atomic E-state index is 0.457. The van der Waals surface area contributed by atoms with Gasteiger partial charge in [-0.2, -0.15) is 0 Å².